The number of anilines is 1. The minimum Gasteiger partial charge on any atom is -0.378 e. The fourth-order valence-electron chi connectivity index (χ4n) is 2.24. The van der Waals surface area contributed by atoms with E-state index in [0.717, 1.165) is 27.7 Å². The Balaban J connectivity index is 2.16. The van der Waals surface area contributed by atoms with Crippen LogP contribution in [0.25, 0.3) is 0 Å². The van der Waals surface area contributed by atoms with Gasteiger partial charge in [-0.3, -0.25) is 0 Å². The minimum atomic E-state index is -0.244. The average molecular weight is 323 g/mol. The molecule has 0 spiro atoms. The van der Waals surface area contributed by atoms with Gasteiger partial charge < -0.3 is 11.1 Å². The van der Waals surface area contributed by atoms with Gasteiger partial charge in [0.1, 0.15) is 0 Å². The summed E-state index contributed by atoms with van der Waals surface area (Å²) in [4.78, 5) is 0. The Bertz CT molecular complexity index is 611. The Hall–Kier alpha value is -1.22. The first-order valence-electron chi connectivity index (χ1n) is 6.91. The number of hydrogen-bond acceptors (Lipinski definition) is 2. The number of nitrogens with two attached hydrogens (primary N) is 1. The Morgan fingerprint density at radius 3 is 2.33 bits per heavy atom. The lowest BCUT2D eigenvalue weighted by molar-refractivity contribution is 0.521. The van der Waals surface area contributed by atoms with Gasteiger partial charge in [0.05, 0.1) is 5.54 Å². The van der Waals surface area contributed by atoms with Crippen molar-refractivity contribution in [2.24, 2.45) is 5.73 Å². The maximum Gasteiger partial charge on any atom is 0.0507 e. The molecule has 3 N–H and O–H groups in total. The molecular weight excluding hydrogens is 303 g/mol. The smallest absolute Gasteiger partial charge is 0.0507 e. The summed E-state index contributed by atoms with van der Waals surface area (Å²) in [5.41, 5.74) is 8.97. The highest BCUT2D eigenvalue weighted by Crippen LogP contribution is 2.24. The summed E-state index contributed by atoms with van der Waals surface area (Å²) in [6, 6.07) is 13.8. The van der Waals surface area contributed by atoms with Gasteiger partial charge in [0.25, 0.3) is 0 Å². The van der Waals surface area contributed by atoms with Gasteiger partial charge in [-0.2, -0.15) is 0 Å². The molecule has 0 aliphatic rings. The molecule has 2 aromatic carbocycles. The zero-order valence-electron chi connectivity index (χ0n) is 12.3. The highest BCUT2D eigenvalue weighted by Gasteiger charge is 2.23. The van der Waals surface area contributed by atoms with Crippen LogP contribution in [0.5, 0.6) is 0 Å². The van der Waals surface area contributed by atoms with Crippen molar-refractivity contribution in [1.29, 1.82) is 0 Å². The largest absolute Gasteiger partial charge is 0.378 e. The third kappa shape index (κ3) is 4.37. The number of halogens is 2. The Kier molecular flexibility index (Phi) is 5.15. The van der Waals surface area contributed by atoms with Gasteiger partial charge >= 0.3 is 0 Å². The van der Waals surface area contributed by atoms with Crippen molar-refractivity contribution in [3.63, 3.8) is 0 Å². The molecule has 2 nitrogen and oxygen atoms in total. The van der Waals surface area contributed by atoms with E-state index in [0.29, 0.717) is 6.54 Å². The van der Waals surface area contributed by atoms with E-state index in [-0.39, 0.29) is 5.54 Å². The summed E-state index contributed by atoms with van der Waals surface area (Å²) in [6.07, 6.45) is 0.812. The van der Waals surface area contributed by atoms with Crippen molar-refractivity contribution >= 4 is 28.9 Å². The second-order valence-electron chi connectivity index (χ2n) is 5.66. The molecule has 0 heterocycles. The molecule has 0 saturated carbocycles. The molecule has 0 aliphatic heterocycles. The van der Waals surface area contributed by atoms with Crippen LogP contribution in [0.15, 0.2) is 42.5 Å². The predicted molar refractivity (Wildman–Crippen MR) is 92.4 cm³/mol. The molecule has 21 heavy (non-hydrogen) atoms. The number of aryl methyl sites for hydroxylation is 1. The number of nitrogens with one attached hydrogen (secondary N) is 1. The number of rotatable bonds is 5. The molecule has 0 bridgehead atoms. The van der Waals surface area contributed by atoms with E-state index in [1.165, 1.54) is 5.56 Å². The van der Waals surface area contributed by atoms with Crippen LogP contribution in [0.4, 0.5) is 5.69 Å². The molecule has 1 unspecified atom stereocenters. The van der Waals surface area contributed by atoms with Gasteiger partial charge in [-0.1, -0.05) is 41.4 Å². The van der Waals surface area contributed by atoms with Crippen LogP contribution < -0.4 is 11.1 Å². The van der Waals surface area contributed by atoms with E-state index in [1.54, 1.807) is 0 Å². The van der Waals surface area contributed by atoms with Crippen LogP contribution >= 0.6 is 23.2 Å². The van der Waals surface area contributed by atoms with Gasteiger partial charge in [-0.15, -0.1) is 0 Å². The summed E-state index contributed by atoms with van der Waals surface area (Å²) < 4.78 is 0. The van der Waals surface area contributed by atoms with Gasteiger partial charge in [-0.25, -0.2) is 0 Å². The van der Waals surface area contributed by atoms with Gasteiger partial charge in [-0.05, 0) is 55.7 Å². The maximum atomic E-state index is 6.18. The summed E-state index contributed by atoms with van der Waals surface area (Å²) in [5.74, 6) is 0. The van der Waals surface area contributed by atoms with Crippen LogP contribution in [0.1, 0.15) is 18.1 Å². The SMILES string of the molecule is Cc1ccc(NC(C)(CN)Cc2ccc(Cl)cc2)cc1Cl. The second-order valence-corrected chi connectivity index (χ2v) is 6.50. The quantitative estimate of drug-likeness (QED) is 0.839. The molecule has 2 rings (SSSR count). The van der Waals surface area contributed by atoms with E-state index in [2.05, 4.69) is 12.2 Å². The molecule has 0 saturated heterocycles. The summed E-state index contributed by atoms with van der Waals surface area (Å²) in [7, 11) is 0. The zero-order valence-corrected chi connectivity index (χ0v) is 13.8. The third-order valence-corrected chi connectivity index (χ3v) is 4.24. The molecule has 112 valence electrons. The van der Waals surface area contributed by atoms with E-state index in [9.17, 15) is 0 Å². The summed E-state index contributed by atoms with van der Waals surface area (Å²) in [6.45, 7) is 4.61. The van der Waals surface area contributed by atoms with Crippen molar-refractivity contribution < 1.29 is 0 Å². The summed E-state index contributed by atoms with van der Waals surface area (Å²) in [5, 5.41) is 4.99. The van der Waals surface area contributed by atoms with Crippen LogP contribution in [0.3, 0.4) is 0 Å². The highest BCUT2D eigenvalue weighted by atomic mass is 35.5. The first kappa shape index (κ1) is 16.2. The van der Waals surface area contributed by atoms with Crippen molar-refractivity contribution in [2.45, 2.75) is 25.8 Å². The van der Waals surface area contributed by atoms with Crippen LogP contribution in [0, 0.1) is 6.92 Å². The molecule has 2 aromatic rings. The highest BCUT2D eigenvalue weighted by molar-refractivity contribution is 6.31. The van der Waals surface area contributed by atoms with Gasteiger partial charge in [0.15, 0.2) is 0 Å². The van der Waals surface area contributed by atoms with E-state index >= 15 is 0 Å². The van der Waals surface area contributed by atoms with Crippen molar-refractivity contribution in [3.8, 4) is 0 Å². The fraction of sp³-hybridized carbons (Fsp3) is 0.294. The van der Waals surface area contributed by atoms with Crippen molar-refractivity contribution in [3.05, 3.63) is 63.6 Å². The predicted octanol–water partition coefficient (Wildman–Crippen LogP) is 4.67. The van der Waals surface area contributed by atoms with Gasteiger partial charge in [0.2, 0.25) is 0 Å². The molecule has 0 aliphatic carbocycles. The molecule has 0 radical (unpaired) electrons. The zero-order chi connectivity index (χ0) is 15.5. The van der Waals surface area contributed by atoms with Crippen LogP contribution in [-0.4, -0.2) is 12.1 Å². The molecule has 0 aromatic heterocycles. The number of hydrogen-bond donors (Lipinski definition) is 2. The normalized spacial score (nSPS) is 13.8. The van der Waals surface area contributed by atoms with Crippen LogP contribution in [0.2, 0.25) is 10.0 Å². The molecule has 1 atom stereocenters. The van der Waals surface area contributed by atoms with Crippen LogP contribution in [-0.2, 0) is 6.42 Å². The molecule has 0 amide bonds. The maximum absolute atomic E-state index is 6.18. The van der Waals surface area contributed by atoms with Crippen molar-refractivity contribution in [2.75, 3.05) is 11.9 Å². The standard InChI is InChI=1S/C17H20Cl2N2/c1-12-3-8-15(9-16(12)19)21-17(2,11-20)10-13-4-6-14(18)7-5-13/h3-9,21H,10-11,20H2,1-2H3. The minimum absolute atomic E-state index is 0.244. The second kappa shape index (κ2) is 6.69. The summed E-state index contributed by atoms with van der Waals surface area (Å²) >= 11 is 12.1. The first-order valence-corrected chi connectivity index (χ1v) is 7.66. The lowest BCUT2D eigenvalue weighted by Crippen LogP contribution is -2.44. The monoisotopic (exact) mass is 322 g/mol. The fourth-order valence-corrected chi connectivity index (χ4v) is 2.55. The molecule has 4 heteroatoms. The van der Waals surface area contributed by atoms with E-state index in [1.807, 2.05) is 49.4 Å². The van der Waals surface area contributed by atoms with E-state index in [4.69, 9.17) is 28.9 Å². The Morgan fingerprint density at radius 2 is 1.76 bits per heavy atom. The van der Waals surface area contributed by atoms with Crippen molar-refractivity contribution in [1.82, 2.24) is 0 Å². The number of benzene rings is 2. The molecular formula is C17H20Cl2N2. The average Bonchev–Trinajstić information content (AvgIpc) is 2.45. The third-order valence-electron chi connectivity index (χ3n) is 3.58. The molecule has 0 fully saturated rings. The Morgan fingerprint density at radius 1 is 1.10 bits per heavy atom. The lowest BCUT2D eigenvalue weighted by atomic mass is 9.92. The van der Waals surface area contributed by atoms with Gasteiger partial charge in [0, 0.05) is 22.3 Å². The topological polar surface area (TPSA) is 38.0 Å². The Labute approximate surface area is 136 Å². The first-order chi connectivity index (χ1) is 9.92. The lowest BCUT2D eigenvalue weighted by Gasteiger charge is -2.31. The van der Waals surface area contributed by atoms with E-state index < -0.39 is 0 Å².